The van der Waals surface area contributed by atoms with Crippen molar-refractivity contribution in [3.63, 3.8) is 0 Å². The first-order valence-electron chi connectivity index (χ1n) is 10.1. The maximum Gasteiger partial charge on any atom is 0.226 e. The number of rotatable bonds is 2. The number of morpholine rings is 1. The Bertz CT molecular complexity index is 1110. The molecule has 2 aromatic heterocycles. The molecule has 0 aliphatic carbocycles. The SMILES string of the molecule is Cc1ccc2cc(C3CC(=O)Nc4c3c(C)nn4C)c(N3CCOCC3)nc2c1. The Balaban J connectivity index is 1.73. The number of aryl methyl sites for hydroxylation is 3. The van der Waals surface area contributed by atoms with Crippen molar-refractivity contribution in [2.45, 2.75) is 26.2 Å². The number of aromatic nitrogens is 3. The summed E-state index contributed by atoms with van der Waals surface area (Å²) in [6.07, 6.45) is 0.399. The molecule has 1 unspecified atom stereocenters. The highest BCUT2D eigenvalue weighted by molar-refractivity contribution is 5.95. The van der Waals surface area contributed by atoms with Crippen molar-refractivity contribution in [2.75, 3.05) is 36.5 Å². The smallest absolute Gasteiger partial charge is 0.226 e. The Morgan fingerprint density at radius 2 is 1.97 bits per heavy atom. The second kappa shape index (κ2) is 6.84. The molecule has 5 rings (SSSR count). The summed E-state index contributed by atoms with van der Waals surface area (Å²) in [5, 5.41) is 8.66. The normalized spacial score (nSPS) is 19.3. The van der Waals surface area contributed by atoms with E-state index >= 15 is 0 Å². The van der Waals surface area contributed by atoms with Gasteiger partial charge in [-0.05, 0) is 31.5 Å². The molecule has 7 heteroatoms. The first-order valence-corrected chi connectivity index (χ1v) is 10.1. The number of hydrogen-bond donors (Lipinski definition) is 1. The topological polar surface area (TPSA) is 72.3 Å². The summed E-state index contributed by atoms with van der Waals surface area (Å²) >= 11 is 0. The highest BCUT2D eigenvalue weighted by atomic mass is 16.5. The van der Waals surface area contributed by atoms with Crippen LogP contribution in [0.25, 0.3) is 10.9 Å². The number of anilines is 2. The van der Waals surface area contributed by atoms with E-state index in [0.717, 1.165) is 52.4 Å². The fourth-order valence-electron chi connectivity index (χ4n) is 4.54. The summed E-state index contributed by atoms with van der Waals surface area (Å²) in [5.41, 5.74) is 5.31. The van der Waals surface area contributed by atoms with Gasteiger partial charge in [0.25, 0.3) is 0 Å². The zero-order chi connectivity index (χ0) is 20.1. The number of carbonyl (C=O) groups excluding carboxylic acids is 1. The van der Waals surface area contributed by atoms with Gasteiger partial charge < -0.3 is 15.0 Å². The van der Waals surface area contributed by atoms with Gasteiger partial charge in [-0.2, -0.15) is 5.10 Å². The number of fused-ring (bicyclic) bond motifs is 2. The minimum absolute atomic E-state index is 0.0161. The minimum Gasteiger partial charge on any atom is -0.378 e. The summed E-state index contributed by atoms with van der Waals surface area (Å²) < 4.78 is 7.33. The van der Waals surface area contributed by atoms with Gasteiger partial charge in [-0.1, -0.05) is 12.1 Å². The van der Waals surface area contributed by atoms with E-state index in [1.54, 1.807) is 4.68 Å². The van der Waals surface area contributed by atoms with Crippen LogP contribution in [0.2, 0.25) is 0 Å². The maximum absolute atomic E-state index is 12.6. The predicted octanol–water partition coefficient (Wildman–Crippen LogP) is 2.90. The zero-order valence-electron chi connectivity index (χ0n) is 17.0. The molecule has 2 aliphatic rings. The van der Waals surface area contributed by atoms with Crippen LogP contribution in [0.3, 0.4) is 0 Å². The Morgan fingerprint density at radius 1 is 1.17 bits per heavy atom. The van der Waals surface area contributed by atoms with E-state index in [1.165, 1.54) is 5.56 Å². The molecule has 0 saturated carbocycles. The fraction of sp³-hybridized carbons (Fsp3) is 0.409. The number of nitrogens with zero attached hydrogens (tertiary/aromatic N) is 4. The third-order valence-electron chi connectivity index (χ3n) is 5.93. The van der Waals surface area contributed by atoms with Crippen molar-refractivity contribution in [3.05, 3.63) is 46.6 Å². The molecule has 1 aromatic carbocycles. The molecular formula is C22H25N5O2. The van der Waals surface area contributed by atoms with Gasteiger partial charge in [-0.3, -0.25) is 9.48 Å². The monoisotopic (exact) mass is 391 g/mol. The number of hydrogen-bond acceptors (Lipinski definition) is 5. The van der Waals surface area contributed by atoms with Crippen molar-refractivity contribution < 1.29 is 9.53 Å². The van der Waals surface area contributed by atoms with Crippen LogP contribution in [0, 0.1) is 13.8 Å². The van der Waals surface area contributed by atoms with Crippen molar-refractivity contribution in [3.8, 4) is 0 Å². The van der Waals surface area contributed by atoms with E-state index in [0.29, 0.717) is 19.6 Å². The molecule has 0 bridgehead atoms. The van der Waals surface area contributed by atoms with Crippen LogP contribution >= 0.6 is 0 Å². The highest BCUT2D eigenvalue weighted by Gasteiger charge is 2.34. The Labute approximate surface area is 169 Å². The third kappa shape index (κ3) is 3.06. The van der Waals surface area contributed by atoms with Gasteiger partial charge in [-0.15, -0.1) is 0 Å². The van der Waals surface area contributed by atoms with Crippen LogP contribution in [-0.4, -0.2) is 47.0 Å². The molecular weight excluding hydrogens is 366 g/mol. The molecule has 3 aromatic rings. The van der Waals surface area contributed by atoms with Crippen LogP contribution in [-0.2, 0) is 16.6 Å². The molecule has 1 amide bonds. The van der Waals surface area contributed by atoms with Crippen molar-refractivity contribution in [1.29, 1.82) is 0 Å². The molecule has 150 valence electrons. The van der Waals surface area contributed by atoms with E-state index < -0.39 is 0 Å². The largest absolute Gasteiger partial charge is 0.378 e. The molecule has 1 atom stereocenters. The van der Waals surface area contributed by atoms with Crippen LogP contribution in [0.15, 0.2) is 24.3 Å². The number of ether oxygens (including phenoxy) is 1. The van der Waals surface area contributed by atoms with Crippen LogP contribution in [0.1, 0.15) is 34.7 Å². The molecule has 29 heavy (non-hydrogen) atoms. The van der Waals surface area contributed by atoms with Gasteiger partial charge in [0, 0.05) is 49.0 Å². The molecule has 1 fully saturated rings. The molecule has 0 spiro atoms. The van der Waals surface area contributed by atoms with Gasteiger partial charge in [0.15, 0.2) is 0 Å². The van der Waals surface area contributed by atoms with Gasteiger partial charge in [-0.25, -0.2) is 4.98 Å². The Hall–Kier alpha value is -2.93. The highest BCUT2D eigenvalue weighted by Crippen LogP contribution is 2.43. The lowest BCUT2D eigenvalue weighted by Gasteiger charge is -2.33. The summed E-state index contributed by atoms with van der Waals surface area (Å²) in [6.45, 7) is 7.07. The lowest BCUT2D eigenvalue weighted by atomic mass is 9.85. The zero-order valence-corrected chi connectivity index (χ0v) is 17.0. The molecule has 1 N–H and O–H groups in total. The van der Waals surface area contributed by atoms with Crippen LogP contribution in [0.5, 0.6) is 0 Å². The van der Waals surface area contributed by atoms with Gasteiger partial charge in [0.2, 0.25) is 5.91 Å². The number of nitrogens with one attached hydrogen (secondary N) is 1. The molecule has 2 aliphatic heterocycles. The van der Waals surface area contributed by atoms with Crippen molar-refractivity contribution >= 4 is 28.4 Å². The summed E-state index contributed by atoms with van der Waals surface area (Å²) in [7, 11) is 1.87. The number of benzene rings is 1. The van der Waals surface area contributed by atoms with Crippen molar-refractivity contribution in [1.82, 2.24) is 14.8 Å². The Morgan fingerprint density at radius 3 is 2.76 bits per heavy atom. The standard InChI is InChI=1S/C22H25N5O2/c1-13-4-5-15-11-17(21(23-18(15)10-13)27-6-8-29-9-7-27)16-12-19(28)24-22-20(16)14(2)25-26(22)3/h4-5,10-11,16H,6-9,12H2,1-3H3,(H,24,28). The molecule has 7 nitrogen and oxygen atoms in total. The van der Waals surface area contributed by atoms with Gasteiger partial charge in [0.1, 0.15) is 11.6 Å². The summed E-state index contributed by atoms with van der Waals surface area (Å²) in [6, 6.07) is 8.56. The lowest BCUT2D eigenvalue weighted by molar-refractivity contribution is -0.116. The van der Waals surface area contributed by atoms with Gasteiger partial charge >= 0.3 is 0 Å². The number of amides is 1. The lowest BCUT2D eigenvalue weighted by Crippen LogP contribution is -2.38. The third-order valence-corrected chi connectivity index (χ3v) is 5.93. The van der Waals surface area contributed by atoms with E-state index in [4.69, 9.17) is 9.72 Å². The van der Waals surface area contributed by atoms with Gasteiger partial charge in [0.05, 0.1) is 24.4 Å². The maximum atomic E-state index is 12.6. The average Bonchev–Trinajstić information content (AvgIpc) is 3.00. The first kappa shape index (κ1) is 18.1. The van der Waals surface area contributed by atoms with Crippen molar-refractivity contribution in [2.24, 2.45) is 7.05 Å². The van der Waals surface area contributed by atoms with Crippen LogP contribution in [0.4, 0.5) is 11.6 Å². The Kier molecular flexibility index (Phi) is 4.28. The van der Waals surface area contributed by atoms with E-state index in [-0.39, 0.29) is 11.8 Å². The fourth-order valence-corrected chi connectivity index (χ4v) is 4.54. The molecule has 4 heterocycles. The second-order valence-corrected chi connectivity index (χ2v) is 7.97. The van der Waals surface area contributed by atoms with Crippen LogP contribution < -0.4 is 10.2 Å². The van der Waals surface area contributed by atoms with E-state index in [1.807, 2.05) is 14.0 Å². The second-order valence-electron chi connectivity index (χ2n) is 7.97. The summed E-state index contributed by atoms with van der Waals surface area (Å²) in [5.74, 6) is 1.70. The number of pyridine rings is 1. The minimum atomic E-state index is -0.0662. The van der Waals surface area contributed by atoms with E-state index in [2.05, 4.69) is 46.5 Å². The predicted molar refractivity (Wildman–Crippen MR) is 113 cm³/mol. The molecule has 0 radical (unpaired) electrons. The molecule has 1 saturated heterocycles. The quantitative estimate of drug-likeness (QED) is 0.727. The van der Waals surface area contributed by atoms with E-state index in [9.17, 15) is 4.79 Å². The summed E-state index contributed by atoms with van der Waals surface area (Å²) in [4.78, 5) is 19.9. The number of carbonyl (C=O) groups is 1. The average molecular weight is 391 g/mol. The first-order chi connectivity index (χ1) is 14.0.